The molecule has 0 bridgehead atoms. The molecule has 0 nitrogen and oxygen atoms in total. The molecule has 0 aromatic rings. The normalized spacial score (nSPS) is 29.3. The molecule has 9 heavy (non-hydrogen) atoms. The highest BCUT2D eigenvalue weighted by molar-refractivity contribution is 8.10. The Morgan fingerprint density at radius 3 is 1.56 bits per heavy atom. The number of rotatable bonds is 2. The third-order valence-corrected chi connectivity index (χ3v) is 6.43. The Balaban J connectivity index is 1.64. The van der Waals surface area contributed by atoms with Crippen LogP contribution in [-0.4, -0.2) is 33.5 Å². The van der Waals surface area contributed by atoms with Gasteiger partial charge < -0.3 is 0 Å². The van der Waals surface area contributed by atoms with Crippen molar-refractivity contribution >= 4 is 35.3 Å². The highest BCUT2D eigenvalue weighted by Crippen LogP contribution is 2.38. The molecule has 2 aliphatic rings. The third kappa shape index (κ3) is 1.55. The Hall–Kier alpha value is 1.05. The van der Waals surface area contributed by atoms with Crippen LogP contribution in [0.25, 0.3) is 0 Å². The van der Waals surface area contributed by atoms with E-state index in [0.717, 1.165) is 10.5 Å². The molecule has 0 atom stereocenters. The standard InChI is InChI=1S/C6H10S3/c1-5(2-7-1)9-6-3-8-4-6/h5-6H,1-4H2. The summed E-state index contributed by atoms with van der Waals surface area (Å²) in [5, 5.41) is 2.06. The lowest BCUT2D eigenvalue weighted by atomic mass is 10.5. The smallest absolute Gasteiger partial charge is 0.0232 e. The van der Waals surface area contributed by atoms with Crippen LogP contribution in [0.4, 0.5) is 0 Å². The van der Waals surface area contributed by atoms with Crippen LogP contribution in [-0.2, 0) is 0 Å². The molecule has 2 heterocycles. The number of thioether (sulfide) groups is 3. The molecule has 2 saturated heterocycles. The van der Waals surface area contributed by atoms with Gasteiger partial charge in [0.15, 0.2) is 0 Å². The maximum atomic E-state index is 2.23. The average molecular weight is 178 g/mol. The maximum absolute atomic E-state index is 2.23. The van der Waals surface area contributed by atoms with Crippen molar-refractivity contribution in [3.8, 4) is 0 Å². The van der Waals surface area contributed by atoms with Gasteiger partial charge in [-0.15, -0.1) is 0 Å². The first kappa shape index (κ1) is 6.74. The van der Waals surface area contributed by atoms with Crippen LogP contribution in [0.3, 0.4) is 0 Å². The first-order chi connectivity index (χ1) is 4.45. The van der Waals surface area contributed by atoms with Crippen molar-refractivity contribution in [3.63, 3.8) is 0 Å². The van der Waals surface area contributed by atoms with E-state index in [-0.39, 0.29) is 0 Å². The van der Waals surface area contributed by atoms with E-state index in [1.54, 1.807) is 0 Å². The Morgan fingerprint density at radius 1 is 0.889 bits per heavy atom. The van der Waals surface area contributed by atoms with Crippen molar-refractivity contribution in [2.75, 3.05) is 23.0 Å². The molecule has 2 aliphatic heterocycles. The molecule has 2 fully saturated rings. The van der Waals surface area contributed by atoms with E-state index in [1.165, 1.54) is 23.0 Å². The zero-order valence-corrected chi connectivity index (χ0v) is 7.66. The van der Waals surface area contributed by atoms with Crippen molar-refractivity contribution in [2.24, 2.45) is 0 Å². The predicted octanol–water partition coefficient (Wildman–Crippen LogP) is 1.95. The zero-order chi connectivity index (χ0) is 6.10. The van der Waals surface area contributed by atoms with Gasteiger partial charge in [-0.1, -0.05) is 0 Å². The molecule has 0 aliphatic carbocycles. The van der Waals surface area contributed by atoms with Gasteiger partial charge in [0.05, 0.1) is 0 Å². The lowest BCUT2D eigenvalue weighted by Crippen LogP contribution is -2.30. The minimum atomic E-state index is 1.03. The summed E-state index contributed by atoms with van der Waals surface area (Å²) in [7, 11) is 0. The van der Waals surface area contributed by atoms with Crippen LogP contribution in [0.15, 0.2) is 0 Å². The van der Waals surface area contributed by atoms with Crippen molar-refractivity contribution in [2.45, 2.75) is 10.5 Å². The van der Waals surface area contributed by atoms with Crippen LogP contribution in [0.5, 0.6) is 0 Å². The van der Waals surface area contributed by atoms with E-state index in [1.807, 2.05) is 0 Å². The fourth-order valence-corrected chi connectivity index (χ4v) is 4.67. The van der Waals surface area contributed by atoms with E-state index in [0.29, 0.717) is 0 Å². The first-order valence-electron chi connectivity index (χ1n) is 3.26. The summed E-state index contributed by atoms with van der Waals surface area (Å²) >= 11 is 6.42. The SMILES string of the molecule is C1SCC1SC1CSC1. The minimum absolute atomic E-state index is 1.03. The van der Waals surface area contributed by atoms with Crippen LogP contribution < -0.4 is 0 Å². The lowest BCUT2D eigenvalue weighted by molar-refractivity contribution is 1.02. The summed E-state index contributed by atoms with van der Waals surface area (Å²) in [5.74, 6) is 5.69. The largest absolute Gasteiger partial charge is 0.160 e. The quantitative estimate of drug-likeness (QED) is 0.634. The van der Waals surface area contributed by atoms with Gasteiger partial charge in [-0.2, -0.15) is 35.3 Å². The molecule has 2 rings (SSSR count). The molecule has 52 valence electrons. The van der Waals surface area contributed by atoms with Gasteiger partial charge in [0, 0.05) is 33.5 Å². The predicted molar refractivity (Wildman–Crippen MR) is 49.8 cm³/mol. The van der Waals surface area contributed by atoms with Gasteiger partial charge >= 0.3 is 0 Å². The van der Waals surface area contributed by atoms with Gasteiger partial charge in [-0.25, -0.2) is 0 Å². The van der Waals surface area contributed by atoms with E-state index in [4.69, 9.17) is 0 Å². The molecule has 0 spiro atoms. The van der Waals surface area contributed by atoms with Crippen molar-refractivity contribution in [1.82, 2.24) is 0 Å². The zero-order valence-electron chi connectivity index (χ0n) is 5.21. The van der Waals surface area contributed by atoms with E-state index >= 15 is 0 Å². The second-order valence-electron chi connectivity index (χ2n) is 2.46. The van der Waals surface area contributed by atoms with Gasteiger partial charge in [0.1, 0.15) is 0 Å². The fourth-order valence-electron chi connectivity index (χ4n) is 0.857. The van der Waals surface area contributed by atoms with Gasteiger partial charge in [0.2, 0.25) is 0 Å². The van der Waals surface area contributed by atoms with Crippen LogP contribution in [0, 0.1) is 0 Å². The van der Waals surface area contributed by atoms with Gasteiger partial charge in [-0.3, -0.25) is 0 Å². The molecule has 0 amide bonds. The molecule has 3 heteroatoms. The van der Waals surface area contributed by atoms with Crippen molar-refractivity contribution in [3.05, 3.63) is 0 Å². The summed E-state index contributed by atoms with van der Waals surface area (Å²) in [6.07, 6.45) is 0. The highest BCUT2D eigenvalue weighted by atomic mass is 32.2. The molecule has 0 unspecified atom stereocenters. The summed E-state index contributed by atoms with van der Waals surface area (Å²) in [5.41, 5.74) is 0. The molecular weight excluding hydrogens is 168 g/mol. The summed E-state index contributed by atoms with van der Waals surface area (Å²) < 4.78 is 0. The van der Waals surface area contributed by atoms with E-state index in [2.05, 4.69) is 35.3 Å². The number of hydrogen-bond acceptors (Lipinski definition) is 3. The van der Waals surface area contributed by atoms with Crippen molar-refractivity contribution < 1.29 is 0 Å². The molecule has 0 N–H and O–H groups in total. The van der Waals surface area contributed by atoms with Crippen LogP contribution in [0.1, 0.15) is 0 Å². The third-order valence-electron chi connectivity index (χ3n) is 1.60. The molecule has 0 aromatic carbocycles. The highest BCUT2D eigenvalue weighted by Gasteiger charge is 2.26. The van der Waals surface area contributed by atoms with Gasteiger partial charge in [-0.05, 0) is 0 Å². The van der Waals surface area contributed by atoms with Crippen LogP contribution in [0.2, 0.25) is 0 Å². The average Bonchev–Trinajstić information content (AvgIpc) is 1.57. The van der Waals surface area contributed by atoms with E-state index < -0.39 is 0 Å². The maximum Gasteiger partial charge on any atom is 0.0232 e. The Kier molecular flexibility index (Phi) is 2.23. The molecule has 0 saturated carbocycles. The second-order valence-corrected chi connectivity index (χ2v) is 6.21. The Bertz CT molecular complexity index is 84.5. The summed E-state index contributed by atoms with van der Waals surface area (Å²) in [6, 6.07) is 0. The molecular formula is C6H10S3. The van der Waals surface area contributed by atoms with Crippen molar-refractivity contribution in [1.29, 1.82) is 0 Å². The fraction of sp³-hybridized carbons (Fsp3) is 1.00. The first-order valence-corrected chi connectivity index (χ1v) is 6.51. The minimum Gasteiger partial charge on any atom is -0.160 e. The summed E-state index contributed by atoms with van der Waals surface area (Å²) in [6.45, 7) is 0. The molecule has 0 radical (unpaired) electrons. The van der Waals surface area contributed by atoms with Gasteiger partial charge in [0.25, 0.3) is 0 Å². The molecule has 0 aromatic heterocycles. The summed E-state index contributed by atoms with van der Waals surface area (Å²) in [4.78, 5) is 0. The second kappa shape index (κ2) is 2.97. The topological polar surface area (TPSA) is 0 Å². The van der Waals surface area contributed by atoms with Crippen LogP contribution >= 0.6 is 35.3 Å². The van der Waals surface area contributed by atoms with E-state index in [9.17, 15) is 0 Å². The number of hydrogen-bond donors (Lipinski definition) is 0. The lowest BCUT2D eigenvalue weighted by Gasteiger charge is -2.32. The monoisotopic (exact) mass is 178 g/mol. The Morgan fingerprint density at radius 2 is 1.33 bits per heavy atom. The Labute approximate surface area is 68.9 Å².